The zero-order valence-corrected chi connectivity index (χ0v) is 21.0. The predicted molar refractivity (Wildman–Crippen MR) is 141 cm³/mol. The van der Waals surface area contributed by atoms with Crippen LogP contribution in [0.15, 0.2) is 77.7 Å². The second-order valence-electron chi connectivity index (χ2n) is 8.08. The maximum Gasteiger partial charge on any atom is 0.343 e. The third kappa shape index (κ3) is 6.45. The number of carbonyl (C=O) groups excluding carboxylic acids is 4. The quantitative estimate of drug-likeness (QED) is 0.247. The smallest absolute Gasteiger partial charge is 0.343 e. The van der Waals surface area contributed by atoms with Gasteiger partial charge in [-0.1, -0.05) is 42.0 Å². The topological polar surface area (TPSA) is 102 Å². The van der Waals surface area contributed by atoms with Crippen LogP contribution in [-0.4, -0.2) is 41.1 Å². The standard InChI is InChI=1S/C28H24N2O6S/c1-3-35-23-15-19(11-14-22(23)36-27(33)20-12-9-18(2)10-13-20)16-24-26(32)30(28(34)37-24)17-25(31)29-21-7-5-4-6-8-21/h4-16H,3,17H2,1-2H3,(H,29,31)/b24-16-. The van der Waals surface area contributed by atoms with Gasteiger partial charge >= 0.3 is 5.97 Å². The van der Waals surface area contributed by atoms with E-state index in [0.29, 0.717) is 29.2 Å². The molecule has 9 heteroatoms. The number of aryl methyl sites for hydroxylation is 1. The second kappa shape index (κ2) is 11.6. The van der Waals surface area contributed by atoms with Crippen molar-refractivity contribution in [1.29, 1.82) is 0 Å². The molecule has 3 aromatic carbocycles. The molecular weight excluding hydrogens is 492 g/mol. The Labute approximate surface area is 218 Å². The van der Waals surface area contributed by atoms with Gasteiger partial charge < -0.3 is 14.8 Å². The van der Waals surface area contributed by atoms with Crippen molar-refractivity contribution >= 4 is 46.5 Å². The normalized spacial score (nSPS) is 14.1. The molecule has 8 nitrogen and oxygen atoms in total. The zero-order valence-electron chi connectivity index (χ0n) is 20.2. The lowest BCUT2D eigenvalue weighted by molar-refractivity contribution is -0.127. The maximum atomic E-state index is 12.8. The van der Waals surface area contributed by atoms with E-state index in [1.807, 2.05) is 25.1 Å². The van der Waals surface area contributed by atoms with Gasteiger partial charge in [0.1, 0.15) is 6.54 Å². The number of carbonyl (C=O) groups is 4. The SMILES string of the molecule is CCOc1cc(/C=C2\SC(=O)N(CC(=O)Nc3ccccc3)C2=O)ccc1OC(=O)c1ccc(C)cc1. The van der Waals surface area contributed by atoms with E-state index in [1.165, 1.54) is 6.08 Å². The van der Waals surface area contributed by atoms with Crippen LogP contribution in [0.2, 0.25) is 0 Å². The fourth-order valence-corrected chi connectivity index (χ4v) is 4.31. The summed E-state index contributed by atoms with van der Waals surface area (Å²) < 4.78 is 11.2. The van der Waals surface area contributed by atoms with Crippen LogP contribution < -0.4 is 14.8 Å². The maximum absolute atomic E-state index is 12.8. The molecule has 4 rings (SSSR count). The van der Waals surface area contributed by atoms with Gasteiger partial charge in [-0.2, -0.15) is 0 Å². The number of hydrogen-bond acceptors (Lipinski definition) is 7. The molecule has 0 atom stereocenters. The molecule has 1 heterocycles. The predicted octanol–water partition coefficient (Wildman–Crippen LogP) is 5.29. The van der Waals surface area contributed by atoms with E-state index < -0.39 is 29.6 Å². The molecule has 1 saturated heterocycles. The van der Waals surface area contributed by atoms with E-state index in [4.69, 9.17) is 9.47 Å². The summed E-state index contributed by atoms with van der Waals surface area (Å²) in [6, 6.07) is 20.6. The van der Waals surface area contributed by atoms with Gasteiger partial charge in [0.25, 0.3) is 11.1 Å². The Balaban J connectivity index is 1.47. The summed E-state index contributed by atoms with van der Waals surface area (Å²) in [6.07, 6.45) is 1.54. The number of nitrogens with zero attached hydrogens (tertiary/aromatic N) is 1. The van der Waals surface area contributed by atoms with Crippen LogP contribution in [0.3, 0.4) is 0 Å². The van der Waals surface area contributed by atoms with Crippen molar-refractivity contribution in [3.05, 3.63) is 94.4 Å². The lowest BCUT2D eigenvalue weighted by atomic mass is 10.1. The molecule has 3 amide bonds. The largest absolute Gasteiger partial charge is 0.490 e. The number of amides is 3. The Morgan fingerprint density at radius 3 is 2.41 bits per heavy atom. The first kappa shape index (κ1) is 25.7. The van der Waals surface area contributed by atoms with Crippen molar-refractivity contribution in [3.8, 4) is 11.5 Å². The van der Waals surface area contributed by atoms with E-state index in [1.54, 1.807) is 61.5 Å². The van der Waals surface area contributed by atoms with E-state index in [-0.39, 0.29) is 10.7 Å². The molecule has 1 N–H and O–H groups in total. The minimum Gasteiger partial charge on any atom is -0.490 e. The molecule has 0 aromatic heterocycles. The first-order chi connectivity index (χ1) is 17.8. The molecule has 0 saturated carbocycles. The molecule has 0 radical (unpaired) electrons. The summed E-state index contributed by atoms with van der Waals surface area (Å²) in [5.74, 6) is -1.02. The van der Waals surface area contributed by atoms with Crippen molar-refractivity contribution in [1.82, 2.24) is 4.90 Å². The number of imide groups is 1. The van der Waals surface area contributed by atoms with E-state index >= 15 is 0 Å². The summed E-state index contributed by atoms with van der Waals surface area (Å²) in [6.45, 7) is 3.65. The lowest BCUT2D eigenvalue weighted by Crippen LogP contribution is -2.36. The van der Waals surface area contributed by atoms with Gasteiger partial charge in [0.15, 0.2) is 11.5 Å². The Hall–Kier alpha value is -4.37. The Morgan fingerprint density at radius 1 is 0.973 bits per heavy atom. The third-order valence-electron chi connectivity index (χ3n) is 5.29. The molecule has 1 fully saturated rings. The zero-order chi connectivity index (χ0) is 26.4. The molecule has 0 aliphatic carbocycles. The van der Waals surface area contributed by atoms with E-state index in [0.717, 1.165) is 22.2 Å². The first-order valence-corrected chi connectivity index (χ1v) is 12.3. The molecule has 1 aliphatic rings. The van der Waals surface area contributed by atoms with Gasteiger partial charge in [-0.15, -0.1) is 0 Å². The summed E-state index contributed by atoms with van der Waals surface area (Å²) in [5, 5.41) is 2.13. The first-order valence-electron chi connectivity index (χ1n) is 11.5. The van der Waals surface area contributed by atoms with E-state index in [9.17, 15) is 19.2 Å². The van der Waals surface area contributed by atoms with Gasteiger partial charge in [-0.25, -0.2) is 4.79 Å². The number of ether oxygens (including phenoxy) is 2. The Bertz CT molecular complexity index is 1370. The van der Waals surface area contributed by atoms with Crippen LogP contribution in [0.4, 0.5) is 10.5 Å². The highest BCUT2D eigenvalue weighted by Crippen LogP contribution is 2.35. The molecule has 1 aliphatic heterocycles. The van der Waals surface area contributed by atoms with Gasteiger partial charge in [0.05, 0.1) is 17.1 Å². The van der Waals surface area contributed by atoms with Crippen molar-refractivity contribution in [2.45, 2.75) is 13.8 Å². The lowest BCUT2D eigenvalue weighted by Gasteiger charge is -2.12. The fraction of sp³-hybridized carbons (Fsp3) is 0.143. The molecule has 0 bridgehead atoms. The summed E-state index contributed by atoms with van der Waals surface area (Å²) in [7, 11) is 0. The van der Waals surface area contributed by atoms with Crippen LogP contribution in [0, 0.1) is 6.92 Å². The number of rotatable bonds is 8. The van der Waals surface area contributed by atoms with E-state index in [2.05, 4.69) is 5.32 Å². The summed E-state index contributed by atoms with van der Waals surface area (Å²) >= 11 is 0.750. The van der Waals surface area contributed by atoms with Crippen molar-refractivity contribution in [2.24, 2.45) is 0 Å². The average molecular weight is 517 g/mol. The van der Waals surface area contributed by atoms with Crippen LogP contribution in [0.25, 0.3) is 6.08 Å². The fourth-order valence-electron chi connectivity index (χ4n) is 3.47. The highest BCUT2D eigenvalue weighted by Gasteiger charge is 2.36. The third-order valence-corrected chi connectivity index (χ3v) is 6.20. The van der Waals surface area contributed by atoms with Gasteiger partial charge in [0.2, 0.25) is 5.91 Å². The minimum absolute atomic E-state index is 0.171. The minimum atomic E-state index is -0.564. The average Bonchev–Trinajstić information content (AvgIpc) is 3.14. The summed E-state index contributed by atoms with van der Waals surface area (Å²) in [4.78, 5) is 51.2. The van der Waals surface area contributed by atoms with Gasteiger partial charge in [0, 0.05) is 5.69 Å². The molecule has 37 heavy (non-hydrogen) atoms. The molecular formula is C28H24N2O6S. The number of nitrogens with one attached hydrogen (secondary N) is 1. The number of thioether (sulfide) groups is 1. The van der Waals surface area contributed by atoms with Crippen LogP contribution in [-0.2, 0) is 9.59 Å². The number of hydrogen-bond donors (Lipinski definition) is 1. The number of benzene rings is 3. The molecule has 3 aromatic rings. The van der Waals surface area contributed by atoms with Crippen LogP contribution >= 0.6 is 11.8 Å². The molecule has 0 spiro atoms. The Morgan fingerprint density at radius 2 is 1.70 bits per heavy atom. The number of esters is 1. The van der Waals surface area contributed by atoms with Crippen LogP contribution in [0.5, 0.6) is 11.5 Å². The number of anilines is 1. The molecule has 188 valence electrons. The highest BCUT2D eigenvalue weighted by molar-refractivity contribution is 8.18. The summed E-state index contributed by atoms with van der Waals surface area (Å²) in [5.41, 5.74) is 2.57. The van der Waals surface area contributed by atoms with Crippen LogP contribution in [0.1, 0.15) is 28.4 Å². The van der Waals surface area contributed by atoms with Crippen molar-refractivity contribution < 1.29 is 28.7 Å². The second-order valence-corrected chi connectivity index (χ2v) is 9.07. The van der Waals surface area contributed by atoms with Crippen molar-refractivity contribution in [3.63, 3.8) is 0 Å². The highest BCUT2D eigenvalue weighted by atomic mass is 32.2. The monoisotopic (exact) mass is 516 g/mol. The number of para-hydroxylation sites is 1. The molecule has 0 unspecified atom stereocenters. The van der Waals surface area contributed by atoms with Crippen molar-refractivity contribution in [2.75, 3.05) is 18.5 Å². The van der Waals surface area contributed by atoms with Gasteiger partial charge in [-0.05, 0) is 73.6 Å². The van der Waals surface area contributed by atoms with Gasteiger partial charge in [-0.3, -0.25) is 19.3 Å². The Kier molecular flexibility index (Phi) is 8.05.